The first kappa shape index (κ1) is 24.2. The maximum atomic E-state index is 13.0. The summed E-state index contributed by atoms with van der Waals surface area (Å²) in [4.78, 5) is 42.4. The SMILES string of the molecule is NC(=O)c1ncc(-c2cc(F)cc(F)c2)cn1.O=C1COCCN1[C@H]1CC[C@@H](C(=O)O)CC1. The molecule has 0 spiro atoms. The summed E-state index contributed by atoms with van der Waals surface area (Å²) in [6.45, 7) is 1.44. The molecule has 176 valence electrons. The Morgan fingerprint density at radius 3 is 2.15 bits per heavy atom. The topological polar surface area (TPSA) is 136 Å². The molecule has 2 heterocycles. The Labute approximate surface area is 188 Å². The van der Waals surface area contributed by atoms with Crippen molar-refractivity contribution in [3.8, 4) is 11.1 Å². The molecule has 11 heteroatoms. The monoisotopic (exact) mass is 462 g/mol. The van der Waals surface area contributed by atoms with Crippen LogP contribution in [0.3, 0.4) is 0 Å². The molecule has 1 aliphatic carbocycles. The van der Waals surface area contributed by atoms with Crippen LogP contribution in [0.1, 0.15) is 36.3 Å². The van der Waals surface area contributed by atoms with Crippen LogP contribution in [0.5, 0.6) is 0 Å². The predicted molar refractivity (Wildman–Crippen MR) is 112 cm³/mol. The van der Waals surface area contributed by atoms with E-state index in [-0.39, 0.29) is 30.3 Å². The average Bonchev–Trinajstić information content (AvgIpc) is 2.79. The highest BCUT2D eigenvalue weighted by Gasteiger charge is 2.32. The number of ether oxygens (including phenoxy) is 1. The minimum atomic E-state index is -0.762. The van der Waals surface area contributed by atoms with Gasteiger partial charge in [-0.25, -0.2) is 18.7 Å². The zero-order valence-electron chi connectivity index (χ0n) is 17.7. The van der Waals surface area contributed by atoms with E-state index in [9.17, 15) is 23.2 Å². The smallest absolute Gasteiger partial charge is 0.306 e. The third-order valence-electron chi connectivity index (χ3n) is 5.58. The standard InChI is InChI=1S/C11H7F2N3O.C11H17NO4/c12-8-1-6(2-9(13)3-8)7-4-15-11(10(14)17)16-5-7;13-10-7-16-6-5-12(10)9-3-1-8(2-4-9)11(14)15/h1-5H,(H2,14,17);8-9H,1-7H2,(H,14,15)/t;8-,9+. The second-order valence-electron chi connectivity index (χ2n) is 7.80. The van der Waals surface area contributed by atoms with Gasteiger partial charge in [0, 0.05) is 36.6 Å². The van der Waals surface area contributed by atoms with Gasteiger partial charge in [0.25, 0.3) is 5.91 Å². The number of aliphatic carboxylic acids is 1. The first-order chi connectivity index (χ1) is 15.7. The Bertz CT molecular complexity index is 990. The van der Waals surface area contributed by atoms with Gasteiger partial charge >= 0.3 is 5.97 Å². The Hall–Kier alpha value is -3.47. The number of nitrogens with two attached hydrogens (primary N) is 1. The van der Waals surface area contributed by atoms with Crippen molar-refractivity contribution in [2.24, 2.45) is 11.7 Å². The second kappa shape index (κ2) is 10.9. The van der Waals surface area contributed by atoms with Gasteiger partial charge in [0.15, 0.2) is 0 Å². The molecule has 4 rings (SSSR count). The lowest BCUT2D eigenvalue weighted by molar-refractivity contribution is -0.148. The van der Waals surface area contributed by atoms with E-state index in [4.69, 9.17) is 15.6 Å². The van der Waals surface area contributed by atoms with Crippen LogP contribution >= 0.6 is 0 Å². The molecule has 33 heavy (non-hydrogen) atoms. The summed E-state index contributed by atoms with van der Waals surface area (Å²) in [6.07, 6.45) is 5.54. The molecule has 0 unspecified atom stereocenters. The van der Waals surface area contributed by atoms with E-state index in [1.54, 1.807) is 0 Å². The van der Waals surface area contributed by atoms with Crippen LogP contribution < -0.4 is 5.73 Å². The molecule has 1 aliphatic heterocycles. The summed E-state index contributed by atoms with van der Waals surface area (Å²) < 4.78 is 31.0. The number of carbonyl (C=O) groups is 3. The van der Waals surface area contributed by atoms with Crippen molar-refractivity contribution < 1.29 is 33.0 Å². The fraction of sp³-hybridized carbons (Fsp3) is 0.409. The van der Waals surface area contributed by atoms with E-state index < -0.39 is 23.5 Å². The van der Waals surface area contributed by atoms with Crippen LogP contribution in [0.2, 0.25) is 0 Å². The highest BCUT2D eigenvalue weighted by Crippen LogP contribution is 2.28. The van der Waals surface area contributed by atoms with Crippen LogP contribution in [0.4, 0.5) is 8.78 Å². The normalized spacial score (nSPS) is 20.5. The molecule has 0 atom stereocenters. The van der Waals surface area contributed by atoms with Gasteiger partial charge in [-0.2, -0.15) is 0 Å². The van der Waals surface area contributed by atoms with Gasteiger partial charge in [-0.05, 0) is 43.4 Å². The Kier molecular flexibility index (Phi) is 7.99. The summed E-state index contributed by atoms with van der Waals surface area (Å²) in [7, 11) is 0. The number of carboxylic acids is 1. The van der Waals surface area contributed by atoms with Crippen molar-refractivity contribution in [3.63, 3.8) is 0 Å². The van der Waals surface area contributed by atoms with E-state index in [0.717, 1.165) is 31.0 Å². The lowest BCUT2D eigenvalue weighted by atomic mass is 9.85. The second-order valence-corrected chi connectivity index (χ2v) is 7.80. The molecule has 2 aliphatic rings. The first-order valence-electron chi connectivity index (χ1n) is 10.4. The number of hydrogen-bond donors (Lipinski definition) is 2. The summed E-state index contributed by atoms with van der Waals surface area (Å²) in [5, 5.41) is 8.89. The number of amides is 2. The minimum Gasteiger partial charge on any atom is -0.481 e. The minimum absolute atomic E-state index is 0.0463. The van der Waals surface area contributed by atoms with E-state index in [2.05, 4.69) is 9.97 Å². The number of morpholine rings is 1. The van der Waals surface area contributed by atoms with Crippen LogP contribution in [-0.4, -0.2) is 63.6 Å². The third kappa shape index (κ3) is 6.51. The summed E-state index contributed by atoms with van der Waals surface area (Å²) >= 11 is 0. The number of primary amides is 1. The molecule has 0 radical (unpaired) electrons. The van der Waals surface area contributed by atoms with Crippen molar-refractivity contribution in [1.82, 2.24) is 14.9 Å². The predicted octanol–water partition coefficient (Wildman–Crippen LogP) is 2.01. The molecule has 0 bridgehead atoms. The molecule has 1 aromatic heterocycles. The van der Waals surface area contributed by atoms with Crippen LogP contribution in [0, 0.1) is 17.6 Å². The summed E-state index contributed by atoms with van der Waals surface area (Å²) in [5.41, 5.74) is 5.65. The van der Waals surface area contributed by atoms with E-state index in [1.165, 1.54) is 12.4 Å². The van der Waals surface area contributed by atoms with Crippen molar-refractivity contribution in [2.45, 2.75) is 31.7 Å². The number of rotatable bonds is 4. The molecule has 2 aromatic rings. The summed E-state index contributed by atoms with van der Waals surface area (Å²) in [5.74, 6) is -3.17. The number of aromatic nitrogens is 2. The van der Waals surface area contributed by atoms with Crippen molar-refractivity contribution in [3.05, 3.63) is 48.1 Å². The van der Waals surface area contributed by atoms with Gasteiger partial charge in [-0.15, -0.1) is 0 Å². The van der Waals surface area contributed by atoms with Crippen LogP contribution in [0.25, 0.3) is 11.1 Å². The first-order valence-corrected chi connectivity index (χ1v) is 10.4. The molecular weight excluding hydrogens is 438 g/mol. The van der Waals surface area contributed by atoms with Crippen molar-refractivity contribution in [1.29, 1.82) is 0 Å². The van der Waals surface area contributed by atoms with Crippen molar-refractivity contribution in [2.75, 3.05) is 19.8 Å². The number of carbonyl (C=O) groups excluding carboxylic acids is 2. The third-order valence-corrected chi connectivity index (χ3v) is 5.58. The van der Waals surface area contributed by atoms with Crippen LogP contribution in [-0.2, 0) is 14.3 Å². The van der Waals surface area contributed by atoms with Crippen molar-refractivity contribution >= 4 is 17.8 Å². The zero-order valence-corrected chi connectivity index (χ0v) is 17.7. The van der Waals surface area contributed by atoms with E-state index >= 15 is 0 Å². The fourth-order valence-electron chi connectivity index (χ4n) is 3.88. The molecule has 9 nitrogen and oxygen atoms in total. The largest absolute Gasteiger partial charge is 0.481 e. The molecule has 3 N–H and O–H groups in total. The van der Waals surface area contributed by atoms with Gasteiger partial charge in [0.2, 0.25) is 11.7 Å². The van der Waals surface area contributed by atoms with Gasteiger partial charge < -0.3 is 20.5 Å². The number of hydrogen-bond acceptors (Lipinski definition) is 6. The highest BCUT2D eigenvalue weighted by molar-refractivity contribution is 5.88. The van der Waals surface area contributed by atoms with Gasteiger partial charge in [0.1, 0.15) is 18.2 Å². The van der Waals surface area contributed by atoms with Crippen LogP contribution in [0.15, 0.2) is 30.6 Å². The number of nitrogens with zero attached hydrogens (tertiary/aromatic N) is 3. The maximum absolute atomic E-state index is 13.0. The number of carboxylic acid groups (broad SMARTS) is 1. The molecule has 2 fully saturated rings. The maximum Gasteiger partial charge on any atom is 0.306 e. The lowest BCUT2D eigenvalue weighted by Crippen LogP contribution is -2.49. The molecule has 1 saturated heterocycles. The number of benzene rings is 1. The van der Waals surface area contributed by atoms with E-state index in [1.807, 2.05) is 4.90 Å². The number of halogens is 2. The Morgan fingerprint density at radius 1 is 1.03 bits per heavy atom. The van der Waals surface area contributed by atoms with Gasteiger partial charge in [-0.3, -0.25) is 14.4 Å². The Balaban J connectivity index is 0.000000186. The fourth-order valence-corrected chi connectivity index (χ4v) is 3.88. The molecule has 1 aromatic carbocycles. The summed E-state index contributed by atoms with van der Waals surface area (Å²) in [6, 6.07) is 3.28. The van der Waals surface area contributed by atoms with Gasteiger partial charge in [0.05, 0.1) is 12.5 Å². The molecule has 1 saturated carbocycles. The molecular formula is C22H24F2N4O5. The highest BCUT2D eigenvalue weighted by atomic mass is 19.1. The molecule has 2 amide bonds. The van der Waals surface area contributed by atoms with Gasteiger partial charge in [-0.1, -0.05) is 0 Å². The quantitative estimate of drug-likeness (QED) is 0.709. The van der Waals surface area contributed by atoms with E-state index in [0.29, 0.717) is 37.1 Å². The Morgan fingerprint density at radius 2 is 1.64 bits per heavy atom. The average molecular weight is 462 g/mol. The zero-order chi connectivity index (χ0) is 24.0. The lowest BCUT2D eigenvalue weighted by Gasteiger charge is -2.37.